The van der Waals surface area contributed by atoms with Crippen LogP contribution in [0.4, 0.5) is 0 Å². The van der Waals surface area contributed by atoms with E-state index in [9.17, 15) is 13.9 Å². The Balaban J connectivity index is 3.09. The SMILES string of the molecule is NC(Cc1ccc(O)cc1P(=O)=O)C(=O)O. The number of phenols is 1. The molecular weight excluding hydrogens is 233 g/mol. The molecule has 0 aliphatic rings. The van der Waals surface area contributed by atoms with Crippen molar-refractivity contribution < 1.29 is 24.1 Å². The number of nitrogens with two attached hydrogens (primary N) is 1. The second kappa shape index (κ2) is 4.92. The summed E-state index contributed by atoms with van der Waals surface area (Å²) in [4.78, 5) is 10.5. The fourth-order valence-electron chi connectivity index (χ4n) is 1.22. The number of hydrogen-bond donors (Lipinski definition) is 3. The van der Waals surface area contributed by atoms with Crippen LogP contribution in [0.15, 0.2) is 18.2 Å². The second-order valence-corrected chi connectivity index (χ2v) is 4.22. The molecule has 4 N–H and O–H groups in total. The van der Waals surface area contributed by atoms with Crippen molar-refractivity contribution in [2.24, 2.45) is 5.73 Å². The zero-order valence-corrected chi connectivity index (χ0v) is 9.05. The van der Waals surface area contributed by atoms with Crippen molar-refractivity contribution >= 4 is 19.0 Å². The summed E-state index contributed by atoms with van der Waals surface area (Å²) in [6.45, 7) is 0. The molecule has 0 heterocycles. The van der Waals surface area contributed by atoms with E-state index in [1.165, 1.54) is 12.1 Å². The first-order valence-electron chi connectivity index (χ1n) is 4.36. The lowest BCUT2D eigenvalue weighted by molar-refractivity contribution is -0.138. The molecule has 0 aliphatic heterocycles. The first-order valence-corrected chi connectivity index (χ1v) is 5.54. The molecule has 0 aliphatic carbocycles. The van der Waals surface area contributed by atoms with Gasteiger partial charge in [-0.15, -0.1) is 0 Å². The van der Waals surface area contributed by atoms with Gasteiger partial charge in [-0.3, -0.25) is 4.79 Å². The van der Waals surface area contributed by atoms with Crippen molar-refractivity contribution in [2.45, 2.75) is 12.5 Å². The molecule has 0 amide bonds. The lowest BCUT2D eigenvalue weighted by Gasteiger charge is -2.08. The Morgan fingerprint density at radius 3 is 2.56 bits per heavy atom. The van der Waals surface area contributed by atoms with Gasteiger partial charge in [0.25, 0.3) is 0 Å². The first kappa shape index (κ1) is 12.4. The van der Waals surface area contributed by atoms with Gasteiger partial charge < -0.3 is 15.9 Å². The van der Waals surface area contributed by atoms with Gasteiger partial charge in [0.1, 0.15) is 11.8 Å². The first-order chi connectivity index (χ1) is 7.41. The van der Waals surface area contributed by atoms with Crippen LogP contribution < -0.4 is 11.0 Å². The van der Waals surface area contributed by atoms with Crippen molar-refractivity contribution in [3.8, 4) is 5.75 Å². The highest BCUT2D eigenvalue weighted by molar-refractivity contribution is 7.40. The topological polar surface area (TPSA) is 118 Å². The van der Waals surface area contributed by atoms with E-state index >= 15 is 0 Å². The number of hydrogen-bond acceptors (Lipinski definition) is 5. The maximum Gasteiger partial charge on any atom is 0.349 e. The zero-order valence-electron chi connectivity index (χ0n) is 8.16. The number of carboxylic acid groups (broad SMARTS) is 1. The highest BCUT2D eigenvalue weighted by atomic mass is 31.1. The molecule has 1 atom stereocenters. The fraction of sp³-hybridized carbons (Fsp3) is 0.222. The smallest absolute Gasteiger partial charge is 0.349 e. The van der Waals surface area contributed by atoms with Gasteiger partial charge in [-0.1, -0.05) is 6.07 Å². The number of carbonyl (C=O) groups is 1. The summed E-state index contributed by atoms with van der Waals surface area (Å²) in [5, 5.41) is 17.6. The summed E-state index contributed by atoms with van der Waals surface area (Å²) < 4.78 is 21.7. The van der Waals surface area contributed by atoms with Crippen LogP contribution in [0, 0.1) is 0 Å². The van der Waals surface area contributed by atoms with Gasteiger partial charge in [0.05, 0.1) is 5.30 Å². The maximum absolute atomic E-state index is 10.9. The van der Waals surface area contributed by atoms with Gasteiger partial charge in [0.2, 0.25) is 0 Å². The Kier molecular flexibility index (Phi) is 3.82. The quantitative estimate of drug-likeness (QED) is 0.647. The third-order valence-corrected chi connectivity index (χ3v) is 2.83. The molecule has 6 nitrogen and oxygen atoms in total. The van der Waals surface area contributed by atoms with E-state index in [4.69, 9.17) is 15.9 Å². The third-order valence-electron chi connectivity index (χ3n) is 2.02. The number of phenolic OH excluding ortho intramolecular Hbond substituents is 1. The molecule has 0 bridgehead atoms. The average molecular weight is 243 g/mol. The van der Waals surface area contributed by atoms with E-state index in [0.717, 1.165) is 6.07 Å². The van der Waals surface area contributed by atoms with Gasteiger partial charge in [-0.2, -0.15) is 0 Å². The molecule has 16 heavy (non-hydrogen) atoms. The van der Waals surface area contributed by atoms with Crippen molar-refractivity contribution in [1.82, 2.24) is 0 Å². The number of benzene rings is 1. The Morgan fingerprint density at radius 2 is 2.06 bits per heavy atom. The van der Waals surface area contributed by atoms with E-state index in [1.54, 1.807) is 0 Å². The van der Waals surface area contributed by atoms with E-state index in [1.807, 2.05) is 0 Å². The summed E-state index contributed by atoms with van der Waals surface area (Å²) in [5.74, 6) is -1.40. The van der Waals surface area contributed by atoms with Crippen LogP contribution in [-0.2, 0) is 20.3 Å². The molecule has 7 heteroatoms. The van der Waals surface area contributed by atoms with Gasteiger partial charge in [-0.25, -0.2) is 9.13 Å². The molecule has 1 rings (SSSR count). The van der Waals surface area contributed by atoms with Crippen LogP contribution in [-0.4, -0.2) is 22.2 Å². The van der Waals surface area contributed by atoms with E-state index in [0.29, 0.717) is 0 Å². The minimum atomic E-state index is -2.89. The Morgan fingerprint density at radius 1 is 1.44 bits per heavy atom. The van der Waals surface area contributed by atoms with Crippen molar-refractivity contribution in [3.05, 3.63) is 23.8 Å². The van der Waals surface area contributed by atoms with E-state index < -0.39 is 19.7 Å². The predicted molar refractivity (Wildman–Crippen MR) is 55.3 cm³/mol. The van der Waals surface area contributed by atoms with Crippen LogP contribution in [0.2, 0.25) is 0 Å². The summed E-state index contributed by atoms with van der Waals surface area (Å²) in [6.07, 6.45) is -0.103. The van der Waals surface area contributed by atoms with Crippen molar-refractivity contribution in [2.75, 3.05) is 0 Å². The van der Waals surface area contributed by atoms with Crippen LogP contribution in [0.3, 0.4) is 0 Å². The Labute approximate surface area is 91.5 Å². The summed E-state index contributed by atoms with van der Waals surface area (Å²) in [5.41, 5.74) is 5.58. The molecular formula is C9H10NO5P. The molecule has 1 aromatic rings. The molecule has 0 saturated heterocycles. The molecule has 0 radical (unpaired) electrons. The summed E-state index contributed by atoms with van der Waals surface area (Å²) in [6, 6.07) is 2.53. The van der Waals surface area contributed by atoms with Gasteiger partial charge >= 0.3 is 13.6 Å². The monoisotopic (exact) mass is 243 g/mol. The fourth-order valence-corrected chi connectivity index (χ4v) is 1.86. The van der Waals surface area contributed by atoms with Gasteiger partial charge in [0.15, 0.2) is 0 Å². The second-order valence-electron chi connectivity index (χ2n) is 3.22. The minimum absolute atomic E-state index is 0.103. The maximum atomic E-state index is 10.9. The lowest BCUT2D eigenvalue weighted by atomic mass is 10.1. The van der Waals surface area contributed by atoms with Crippen molar-refractivity contribution in [3.63, 3.8) is 0 Å². The van der Waals surface area contributed by atoms with Gasteiger partial charge in [0, 0.05) is 0 Å². The number of aromatic hydroxyl groups is 1. The highest BCUT2D eigenvalue weighted by Gasteiger charge is 2.16. The zero-order chi connectivity index (χ0) is 12.3. The van der Waals surface area contributed by atoms with Crippen LogP contribution in [0.5, 0.6) is 5.75 Å². The normalized spacial score (nSPS) is 12.1. The van der Waals surface area contributed by atoms with Crippen LogP contribution in [0.25, 0.3) is 0 Å². The predicted octanol–water partition coefficient (Wildman–Crippen LogP) is 0.145. The number of rotatable bonds is 4. The molecule has 1 unspecified atom stereocenters. The molecule has 0 saturated carbocycles. The molecule has 0 spiro atoms. The molecule has 86 valence electrons. The summed E-state index contributed by atoms with van der Waals surface area (Å²) in [7, 11) is -2.89. The van der Waals surface area contributed by atoms with E-state index in [2.05, 4.69) is 0 Å². The minimum Gasteiger partial charge on any atom is -0.508 e. The molecule has 1 aromatic carbocycles. The van der Waals surface area contributed by atoms with Crippen LogP contribution in [0.1, 0.15) is 5.56 Å². The van der Waals surface area contributed by atoms with Crippen molar-refractivity contribution in [1.29, 1.82) is 0 Å². The average Bonchev–Trinajstić information content (AvgIpc) is 2.20. The van der Waals surface area contributed by atoms with Crippen LogP contribution >= 0.6 is 7.68 Å². The molecule has 0 fully saturated rings. The molecule has 0 aromatic heterocycles. The Hall–Kier alpha value is -1.65. The number of carboxylic acids is 1. The standard InChI is InChI=1S/C9H10NO5P/c10-7(9(12)13)3-5-1-2-6(11)4-8(5)16(14)15/h1-2,4,7,11H,3,10H2,(H,12,13). The van der Waals surface area contributed by atoms with E-state index in [-0.39, 0.29) is 23.0 Å². The number of aliphatic carboxylic acids is 1. The largest absolute Gasteiger partial charge is 0.508 e. The highest BCUT2D eigenvalue weighted by Crippen LogP contribution is 2.16. The Bertz CT molecular complexity index is 475. The lowest BCUT2D eigenvalue weighted by Crippen LogP contribution is -2.33. The van der Waals surface area contributed by atoms with Gasteiger partial charge in [-0.05, 0) is 24.1 Å². The summed E-state index contributed by atoms with van der Waals surface area (Å²) >= 11 is 0. The third kappa shape index (κ3) is 2.92.